The zero-order valence-corrected chi connectivity index (χ0v) is 15.3. The van der Waals surface area contributed by atoms with Crippen LogP contribution >= 0.6 is 0 Å². The highest BCUT2D eigenvalue weighted by molar-refractivity contribution is 5.90. The van der Waals surface area contributed by atoms with Crippen molar-refractivity contribution in [3.63, 3.8) is 0 Å². The number of aromatic nitrogens is 2. The number of aromatic amines is 1. The number of para-hydroxylation sites is 1. The highest BCUT2D eigenvalue weighted by atomic mass is 16.3. The summed E-state index contributed by atoms with van der Waals surface area (Å²) in [6.07, 6.45) is 1.46. The number of anilines is 1. The standard InChI is InChI=1S/C20H19N5O4/c26-17-16(13-21-24-19(28)22-15-9-5-2-6-10-15)18(27)25(20(29)23-17)12-11-14-7-3-1-4-8-14/h1-10,13,27H,11-12H2,(H2,22,24,28)(H,23,26,29)/b21-13+. The van der Waals surface area contributed by atoms with Gasteiger partial charge in [-0.2, -0.15) is 5.10 Å². The van der Waals surface area contributed by atoms with Crippen LogP contribution in [0.1, 0.15) is 11.1 Å². The maximum Gasteiger partial charge on any atom is 0.339 e. The van der Waals surface area contributed by atoms with E-state index in [0.717, 1.165) is 16.3 Å². The zero-order chi connectivity index (χ0) is 20.6. The molecule has 0 fully saturated rings. The number of aryl methyl sites for hydroxylation is 1. The van der Waals surface area contributed by atoms with Gasteiger partial charge in [-0.05, 0) is 24.1 Å². The fourth-order valence-electron chi connectivity index (χ4n) is 2.62. The van der Waals surface area contributed by atoms with Crippen LogP contribution in [0.15, 0.2) is 75.4 Å². The number of rotatable bonds is 6. The third kappa shape index (κ3) is 5.19. The molecule has 0 spiro atoms. The van der Waals surface area contributed by atoms with Gasteiger partial charge >= 0.3 is 11.7 Å². The Hall–Kier alpha value is -4.14. The molecule has 9 nitrogen and oxygen atoms in total. The van der Waals surface area contributed by atoms with Crippen molar-refractivity contribution < 1.29 is 9.90 Å². The van der Waals surface area contributed by atoms with Crippen molar-refractivity contribution in [3.05, 3.63) is 92.6 Å². The van der Waals surface area contributed by atoms with Crippen molar-refractivity contribution >= 4 is 17.9 Å². The highest BCUT2D eigenvalue weighted by Gasteiger charge is 2.12. The van der Waals surface area contributed by atoms with Crippen molar-refractivity contribution in [2.75, 3.05) is 5.32 Å². The zero-order valence-electron chi connectivity index (χ0n) is 15.3. The summed E-state index contributed by atoms with van der Waals surface area (Å²) in [6, 6.07) is 17.5. The van der Waals surface area contributed by atoms with E-state index in [1.165, 1.54) is 0 Å². The molecule has 29 heavy (non-hydrogen) atoms. The van der Waals surface area contributed by atoms with Gasteiger partial charge in [0.05, 0.1) is 6.21 Å². The molecule has 0 saturated carbocycles. The molecule has 3 aromatic rings. The molecular weight excluding hydrogens is 374 g/mol. The molecule has 3 rings (SSSR count). The molecule has 0 aliphatic rings. The molecule has 0 unspecified atom stereocenters. The Labute approximate surface area is 165 Å². The van der Waals surface area contributed by atoms with Crippen LogP contribution in [0.4, 0.5) is 10.5 Å². The summed E-state index contributed by atoms with van der Waals surface area (Å²) in [5.74, 6) is -0.524. The second-order valence-electron chi connectivity index (χ2n) is 6.07. The van der Waals surface area contributed by atoms with Gasteiger partial charge in [0.2, 0.25) is 5.88 Å². The number of benzene rings is 2. The maximum absolute atomic E-state index is 12.0. The molecule has 9 heteroatoms. The van der Waals surface area contributed by atoms with E-state index in [1.54, 1.807) is 24.3 Å². The van der Waals surface area contributed by atoms with Gasteiger partial charge in [0.1, 0.15) is 5.56 Å². The van der Waals surface area contributed by atoms with E-state index in [4.69, 9.17) is 0 Å². The molecule has 0 bridgehead atoms. The van der Waals surface area contributed by atoms with Crippen molar-refractivity contribution in [2.45, 2.75) is 13.0 Å². The molecule has 0 saturated heterocycles. The number of nitrogens with one attached hydrogen (secondary N) is 3. The Kier molecular flexibility index (Phi) is 6.21. The molecule has 1 aromatic heterocycles. The Bertz CT molecular complexity index is 1120. The van der Waals surface area contributed by atoms with Gasteiger partial charge in [-0.25, -0.2) is 15.0 Å². The number of hydrogen-bond donors (Lipinski definition) is 4. The first-order valence-electron chi connectivity index (χ1n) is 8.79. The lowest BCUT2D eigenvalue weighted by Gasteiger charge is -2.09. The fraction of sp³-hybridized carbons (Fsp3) is 0.100. The predicted octanol–water partition coefficient (Wildman–Crippen LogP) is 1.64. The summed E-state index contributed by atoms with van der Waals surface area (Å²) in [5.41, 5.74) is 1.96. The molecule has 148 valence electrons. The van der Waals surface area contributed by atoms with Crippen LogP contribution in [0.25, 0.3) is 0 Å². The number of H-pyrrole nitrogens is 1. The van der Waals surface area contributed by atoms with Gasteiger partial charge in [-0.15, -0.1) is 0 Å². The SMILES string of the molecule is O=C(N/N=C/c1c(O)n(CCc2ccccc2)c(=O)[nH]c1=O)Nc1ccccc1. The van der Waals surface area contributed by atoms with Gasteiger partial charge in [-0.1, -0.05) is 48.5 Å². The molecule has 4 N–H and O–H groups in total. The van der Waals surface area contributed by atoms with Gasteiger partial charge in [-0.3, -0.25) is 14.3 Å². The van der Waals surface area contributed by atoms with E-state index in [1.807, 2.05) is 36.4 Å². The molecule has 0 aliphatic carbocycles. The first-order chi connectivity index (χ1) is 14.0. The number of nitrogens with zero attached hydrogens (tertiary/aromatic N) is 2. The fourth-order valence-corrected chi connectivity index (χ4v) is 2.62. The summed E-state index contributed by atoms with van der Waals surface area (Å²) in [6.45, 7) is 0.161. The summed E-state index contributed by atoms with van der Waals surface area (Å²) in [4.78, 5) is 38.0. The normalized spacial score (nSPS) is 10.8. The summed E-state index contributed by atoms with van der Waals surface area (Å²) < 4.78 is 1.04. The van der Waals surface area contributed by atoms with Crippen LogP contribution < -0.4 is 22.0 Å². The molecule has 2 amide bonds. The largest absolute Gasteiger partial charge is 0.494 e. The predicted molar refractivity (Wildman–Crippen MR) is 109 cm³/mol. The lowest BCUT2D eigenvalue weighted by Crippen LogP contribution is -2.33. The minimum atomic E-state index is -0.808. The van der Waals surface area contributed by atoms with Crippen LogP contribution in [0.2, 0.25) is 0 Å². The Balaban J connectivity index is 1.71. The van der Waals surface area contributed by atoms with Crippen molar-refractivity contribution in [1.29, 1.82) is 0 Å². The number of aromatic hydroxyl groups is 1. The Morgan fingerprint density at radius 1 is 1.07 bits per heavy atom. The van der Waals surface area contributed by atoms with Gasteiger partial charge in [0.15, 0.2) is 0 Å². The van der Waals surface area contributed by atoms with Crippen molar-refractivity contribution in [1.82, 2.24) is 15.0 Å². The van der Waals surface area contributed by atoms with Crippen molar-refractivity contribution in [2.24, 2.45) is 5.10 Å². The number of carbonyl (C=O) groups excluding carboxylic acids is 1. The van der Waals surface area contributed by atoms with E-state index in [9.17, 15) is 19.5 Å². The van der Waals surface area contributed by atoms with Crippen LogP contribution in [-0.2, 0) is 13.0 Å². The monoisotopic (exact) mass is 393 g/mol. The van der Waals surface area contributed by atoms with E-state index in [2.05, 4.69) is 20.8 Å². The Morgan fingerprint density at radius 3 is 2.41 bits per heavy atom. The molecular formula is C20H19N5O4. The minimum absolute atomic E-state index is 0.161. The second kappa shape index (κ2) is 9.18. The summed E-state index contributed by atoms with van der Waals surface area (Å²) in [5, 5.41) is 16.6. The number of hydrogen-bond acceptors (Lipinski definition) is 5. The lowest BCUT2D eigenvalue weighted by atomic mass is 10.1. The molecule has 2 aromatic carbocycles. The number of hydrazone groups is 1. The van der Waals surface area contributed by atoms with Crippen LogP contribution in [-0.4, -0.2) is 26.9 Å². The average molecular weight is 393 g/mol. The minimum Gasteiger partial charge on any atom is -0.494 e. The first kappa shape index (κ1) is 19.6. The summed E-state index contributed by atoms with van der Waals surface area (Å²) >= 11 is 0. The maximum atomic E-state index is 12.0. The molecule has 0 atom stereocenters. The van der Waals surface area contributed by atoms with Crippen molar-refractivity contribution in [3.8, 4) is 5.88 Å². The molecule has 0 aliphatic heterocycles. The van der Waals surface area contributed by atoms with Gasteiger partial charge in [0.25, 0.3) is 5.56 Å². The van der Waals surface area contributed by atoms with E-state index < -0.39 is 23.2 Å². The third-order valence-electron chi connectivity index (χ3n) is 4.07. The highest BCUT2D eigenvalue weighted by Crippen LogP contribution is 2.10. The first-order valence-corrected chi connectivity index (χ1v) is 8.79. The lowest BCUT2D eigenvalue weighted by molar-refractivity contribution is 0.252. The van der Waals surface area contributed by atoms with Gasteiger partial charge < -0.3 is 10.4 Å². The van der Waals surface area contributed by atoms with Crippen LogP contribution in [0.5, 0.6) is 5.88 Å². The molecule has 0 radical (unpaired) electrons. The van der Waals surface area contributed by atoms with E-state index in [-0.39, 0.29) is 12.1 Å². The van der Waals surface area contributed by atoms with Crippen LogP contribution in [0.3, 0.4) is 0 Å². The number of amides is 2. The van der Waals surface area contributed by atoms with E-state index >= 15 is 0 Å². The summed E-state index contributed by atoms with van der Waals surface area (Å²) in [7, 11) is 0. The molecule has 1 heterocycles. The third-order valence-corrected chi connectivity index (χ3v) is 4.07. The smallest absolute Gasteiger partial charge is 0.339 e. The van der Waals surface area contributed by atoms with Crippen LogP contribution in [0, 0.1) is 0 Å². The Morgan fingerprint density at radius 2 is 1.72 bits per heavy atom. The topological polar surface area (TPSA) is 129 Å². The number of urea groups is 1. The average Bonchev–Trinajstić information content (AvgIpc) is 2.71. The van der Waals surface area contributed by atoms with E-state index in [0.29, 0.717) is 12.1 Å². The second-order valence-corrected chi connectivity index (χ2v) is 6.07. The quantitative estimate of drug-likeness (QED) is 0.375. The number of carbonyl (C=O) groups is 1. The van der Waals surface area contributed by atoms with Gasteiger partial charge in [0, 0.05) is 12.2 Å².